The summed E-state index contributed by atoms with van der Waals surface area (Å²) >= 11 is 2.81. The summed E-state index contributed by atoms with van der Waals surface area (Å²) in [6.07, 6.45) is -4.98. The van der Waals surface area contributed by atoms with E-state index in [0.29, 0.717) is 6.07 Å². The monoisotopic (exact) mass is 316 g/mol. The molecule has 1 rings (SSSR count). The minimum absolute atomic E-state index is 0.187. The summed E-state index contributed by atoms with van der Waals surface area (Å²) in [5.41, 5.74) is -2.29. The van der Waals surface area contributed by atoms with Gasteiger partial charge in [-0.3, -0.25) is 14.9 Å². The van der Waals surface area contributed by atoms with Crippen LogP contribution >= 0.6 is 15.9 Å². The molecule has 0 spiro atoms. The zero-order chi connectivity index (χ0) is 13.2. The van der Waals surface area contributed by atoms with Gasteiger partial charge >= 0.3 is 12.0 Å². The van der Waals surface area contributed by atoms with E-state index in [0.717, 1.165) is 0 Å². The van der Waals surface area contributed by atoms with Crippen LogP contribution in [0, 0.1) is 10.1 Å². The number of alkyl halides is 4. The number of hydrogen-bond acceptors (Lipinski definition) is 4. The summed E-state index contributed by atoms with van der Waals surface area (Å²) in [4.78, 5) is 22.7. The molecule has 0 saturated carbocycles. The first-order valence-electron chi connectivity index (χ1n) is 3.97. The van der Waals surface area contributed by atoms with Gasteiger partial charge in [-0.2, -0.15) is 0 Å². The molecule has 0 radical (unpaired) electrons. The fraction of sp³-hybridized carbons (Fsp3) is 0.286. The number of ether oxygens (including phenoxy) is 1. The molecule has 0 atom stereocenters. The van der Waals surface area contributed by atoms with Crippen molar-refractivity contribution in [2.24, 2.45) is 0 Å². The fourth-order valence-corrected chi connectivity index (χ4v) is 1.46. The first-order chi connectivity index (χ1) is 7.74. The predicted molar refractivity (Wildman–Crippen MR) is 53.0 cm³/mol. The molecule has 0 saturated heterocycles. The first kappa shape index (κ1) is 13.5. The Hall–Kier alpha value is -1.58. The van der Waals surface area contributed by atoms with Crippen molar-refractivity contribution in [1.29, 1.82) is 0 Å². The number of rotatable bonds is 3. The van der Waals surface area contributed by atoms with E-state index in [1.54, 1.807) is 0 Å². The van der Waals surface area contributed by atoms with Gasteiger partial charge in [0.05, 0.1) is 16.3 Å². The van der Waals surface area contributed by atoms with E-state index in [1.165, 1.54) is 0 Å². The van der Waals surface area contributed by atoms with Crippen molar-refractivity contribution in [2.75, 3.05) is 0 Å². The van der Waals surface area contributed by atoms with Crippen molar-refractivity contribution < 1.29 is 22.8 Å². The van der Waals surface area contributed by atoms with E-state index >= 15 is 0 Å². The molecule has 0 amide bonds. The van der Waals surface area contributed by atoms with Crippen LogP contribution in [0.15, 0.2) is 10.9 Å². The number of nitrogens with zero attached hydrogens (tertiary/aromatic N) is 1. The average Bonchev–Trinajstić information content (AvgIpc) is 2.12. The molecular formula is C7H4BrF3N2O4. The SMILES string of the molecule is O=c1cc(OC(F)(F)F)[nH]c(CBr)c1[N+](=O)[O-]. The van der Waals surface area contributed by atoms with Crippen LogP contribution in [0.4, 0.5) is 18.9 Å². The van der Waals surface area contributed by atoms with Crippen LogP contribution in [0.5, 0.6) is 5.88 Å². The van der Waals surface area contributed by atoms with Crippen LogP contribution in [0.1, 0.15) is 5.69 Å². The van der Waals surface area contributed by atoms with Gasteiger partial charge < -0.3 is 9.72 Å². The van der Waals surface area contributed by atoms with E-state index in [4.69, 9.17) is 0 Å². The molecule has 6 nitrogen and oxygen atoms in total. The number of pyridine rings is 1. The van der Waals surface area contributed by atoms with Crippen LogP contribution in [0.2, 0.25) is 0 Å². The molecule has 0 aliphatic heterocycles. The Morgan fingerprint density at radius 1 is 1.53 bits per heavy atom. The largest absolute Gasteiger partial charge is 0.574 e. The van der Waals surface area contributed by atoms with Gasteiger partial charge in [-0.05, 0) is 0 Å². The van der Waals surface area contributed by atoms with Crippen molar-refractivity contribution in [1.82, 2.24) is 4.98 Å². The molecule has 0 unspecified atom stereocenters. The van der Waals surface area contributed by atoms with Crippen LogP contribution in [-0.4, -0.2) is 16.3 Å². The minimum Gasteiger partial charge on any atom is -0.390 e. The Labute approximate surface area is 99.7 Å². The molecule has 1 N–H and O–H groups in total. The third-order valence-corrected chi connectivity index (χ3v) is 2.16. The number of nitro groups is 1. The summed E-state index contributed by atoms with van der Waals surface area (Å²) in [5.74, 6) is -0.900. The molecule has 0 bridgehead atoms. The Morgan fingerprint density at radius 2 is 2.12 bits per heavy atom. The first-order valence-corrected chi connectivity index (χ1v) is 5.09. The van der Waals surface area contributed by atoms with Crippen molar-refractivity contribution in [2.45, 2.75) is 11.7 Å². The smallest absolute Gasteiger partial charge is 0.390 e. The zero-order valence-corrected chi connectivity index (χ0v) is 9.46. The summed E-state index contributed by atoms with van der Waals surface area (Å²) in [7, 11) is 0. The highest BCUT2D eigenvalue weighted by atomic mass is 79.9. The van der Waals surface area contributed by atoms with E-state index < -0.39 is 28.3 Å². The topological polar surface area (TPSA) is 85.2 Å². The van der Waals surface area contributed by atoms with Gasteiger partial charge in [-0.15, -0.1) is 13.2 Å². The Morgan fingerprint density at radius 3 is 2.53 bits per heavy atom. The number of H-pyrrole nitrogens is 1. The predicted octanol–water partition coefficient (Wildman–Crippen LogP) is 2.08. The molecule has 1 aromatic rings. The van der Waals surface area contributed by atoms with Crippen molar-refractivity contribution in [3.05, 3.63) is 32.1 Å². The number of aromatic amines is 1. The molecule has 1 aromatic heterocycles. The second-order valence-corrected chi connectivity index (χ2v) is 3.32. The molecular weight excluding hydrogens is 313 g/mol. The van der Waals surface area contributed by atoms with Crippen LogP contribution in [0.3, 0.4) is 0 Å². The van der Waals surface area contributed by atoms with Gasteiger partial charge in [0.1, 0.15) is 5.69 Å². The van der Waals surface area contributed by atoms with Crippen LogP contribution < -0.4 is 10.2 Å². The maximum absolute atomic E-state index is 11.9. The molecule has 94 valence electrons. The second kappa shape index (κ2) is 4.73. The highest BCUT2D eigenvalue weighted by molar-refractivity contribution is 9.08. The van der Waals surface area contributed by atoms with Gasteiger partial charge in [0.25, 0.3) is 5.43 Å². The van der Waals surface area contributed by atoms with Crippen LogP contribution in [0.25, 0.3) is 0 Å². The Bertz CT molecular complexity index is 499. The quantitative estimate of drug-likeness (QED) is 0.525. The molecule has 0 aliphatic rings. The molecule has 0 fully saturated rings. The average molecular weight is 317 g/mol. The summed E-state index contributed by atoms with van der Waals surface area (Å²) in [6.45, 7) is 0. The lowest BCUT2D eigenvalue weighted by atomic mass is 10.3. The molecule has 10 heteroatoms. The summed E-state index contributed by atoms with van der Waals surface area (Å²) < 4.78 is 39.1. The lowest BCUT2D eigenvalue weighted by Gasteiger charge is -2.09. The number of hydrogen-bond donors (Lipinski definition) is 1. The maximum Gasteiger partial charge on any atom is 0.574 e. The number of nitrogens with one attached hydrogen (secondary N) is 1. The second-order valence-electron chi connectivity index (χ2n) is 2.76. The standard InChI is InChI=1S/C7H4BrF3N2O4/c8-2-3-6(13(15)16)4(14)1-5(12-3)17-7(9,10)11/h1H,2H2,(H,12,14). The Kier molecular flexibility index (Phi) is 3.76. The molecule has 17 heavy (non-hydrogen) atoms. The highest BCUT2D eigenvalue weighted by Crippen LogP contribution is 2.23. The summed E-state index contributed by atoms with van der Waals surface area (Å²) in [6, 6.07) is 0.373. The zero-order valence-electron chi connectivity index (χ0n) is 7.88. The van der Waals surface area contributed by atoms with Crippen LogP contribution in [-0.2, 0) is 5.33 Å². The third kappa shape index (κ3) is 3.44. The Balaban J connectivity index is 3.28. The third-order valence-electron chi connectivity index (χ3n) is 1.60. The van der Waals surface area contributed by atoms with Gasteiger partial charge in [-0.1, -0.05) is 15.9 Å². The van der Waals surface area contributed by atoms with Gasteiger partial charge in [-0.25, -0.2) is 0 Å². The molecule has 0 aromatic carbocycles. The van der Waals surface area contributed by atoms with Crippen molar-refractivity contribution in [3.8, 4) is 5.88 Å². The number of aromatic nitrogens is 1. The van der Waals surface area contributed by atoms with Crippen molar-refractivity contribution in [3.63, 3.8) is 0 Å². The van der Waals surface area contributed by atoms with E-state index in [9.17, 15) is 28.1 Å². The van der Waals surface area contributed by atoms with Crippen molar-refractivity contribution >= 4 is 21.6 Å². The van der Waals surface area contributed by atoms with E-state index in [2.05, 4.69) is 20.7 Å². The van der Waals surface area contributed by atoms with Gasteiger partial charge in [0.15, 0.2) is 0 Å². The molecule has 0 aliphatic carbocycles. The lowest BCUT2D eigenvalue weighted by molar-refractivity contribution is -0.387. The highest BCUT2D eigenvalue weighted by Gasteiger charge is 2.32. The van der Waals surface area contributed by atoms with Gasteiger partial charge in [0.2, 0.25) is 5.88 Å². The summed E-state index contributed by atoms with van der Waals surface area (Å²) in [5, 5.41) is 10.3. The van der Waals surface area contributed by atoms with E-state index in [1.807, 2.05) is 4.98 Å². The van der Waals surface area contributed by atoms with E-state index in [-0.39, 0.29) is 11.0 Å². The van der Waals surface area contributed by atoms with Gasteiger partial charge in [0, 0.05) is 0 Å². The molecule has 1 heterocycles. The maximum atomic E-state index is 11.9. The lowest BCUT2D eigenvalue weighted by Crippen LogP contribution is -2.21. The minimum atomic E-state index is -4.98. The number of halogens is 4. The fourth-order valence-electron chi connectivity index (χ4n) is 1.06. The normalized spacial score (nSPS) is 11.3.